The number of nitrogens with one attached hydrogen (secondary N) is 3. The molecular weight excluding hydrogens is 396 g/mol. The normalized spacial score (nSPS) is 15.9. The summed E-state index contributed by atoms with van der Waals surface area (Å²) in [6.07, 6.45) is 4.46. The van der Waals surface area contributed by atoms with Crippen molar-refractivity contribution >= 4 is 11.5 Å². The molecule has 0 spiro atoms. The molecule has 0 amide bonds. The minimum Gasteiger partial charge on any atom is -0.457 e. The number of para-hydroxylation sites is 1. The zero-order chi connectivity index (χ0) is 23.6. The summed E-state index contributed by atoms with van der Waals surface area (Å²) in [6, 6.07) is 18.2. The van der Waals surface area contributed by atoms with Crippen LogP contribution in [0.3, 0.4) is 0 Å². The lowest BCUT2D eigenvalue weighted by Gasteiger charge is -2.25. The van der Waals surface area contributed by atoms with E-state index >= 15 is 0 Å². The highest BCUT2D eigenvalue weighted by Gasteiger charge is 2.13. The molecule has 1 fully saturated rings. The van der Waals surface area contributed by atoms with Crippen LogP contribution in [0.4, 0.5) is 5.69 Å². The minimum absolute atomic E-state index is 0.442. The number of rotatable bonds is 7. The van der Waals surface area contributed by atoms with Gasteiger partial charge in [0.15, 0.2) is 0 Å². The number of ether oxygens (including phenoxy) is 1. The molecule has 0 radical (unpaired) electrons. The Labute approximate surface area is 194 Å². The van der Waals surface area contributed by atoms with Crippen LogP contribution in [0.15, 0.2) is 84.5 Å². The maximum absolute atomic E-state index is 5.84. The summed E-state index contributed by atoms with van der Waals surface area (Å²) in [4.78, 5) is 4.60. The zero-order valence-corrected chi connectivity index (χ0v) is 20.2. The number of hydrogen-bond acceptors (Lipinski definition) is 4. The standard InChI is InChI=1S/C23H30N4O.C2H6.C2H4/c1-3-25-23(27-20-8-7-15-24-17-20)16-18(2)26-19-11-13-22(14-12-19)28-21-9-5-4-6-10-21;2*1-2/h4-6,9-14,16,20,24,26H,3,7-8,15,17H2,1-2H3,(H,25,27);1-2H3;1-2H2/b18-16+;;. The number of amidine groups is 1. The minimum atomic E-state index is 0.442. The van der Waals surface area contributed by atoms with Crippen molar-refractivity contribution in [3.63, 3.8) is 0 Å². The Balaban J connectivity index is 0.00000121. The molecule has 5 nitrogen and oxygen atoms in total. The van der Waals surface area contributed by atoms with E-state index < -0.39 is 0 Å². The van der Waals surface area contributed by atoms with Gasteiger partial charge in [-0.15, -0.1) is 13.2 Å². The molecular formula is C27H40N4O. The first-order valence-corrected chi connectivity index (χ1v) is 11.5. The fraction of sp³-hybridized carbons (Fsp3) is 0.370. The molecule has 2 aromatic rings. The van der Waals surface area contributed by atoms with Crippen molar-refractivity contribution in [3.8, 4) is 11.5 Å². The predicted octanol–water partition coefficient (Wildman–Crippen LogP) is 6.38. The monoisotopic (exact) mass is 436 g/mol. The van der Waals surface area contributed by atoms with E-state index in [9.17, 15) is 0 Å². The molecule has 1 aliphatic rings. The maximum Gasteiger partial charge on any atom is 0.127 e. The second kappa shape index (κ2) is 16.6. The molecule has 0 bridgehead atoms. The highest BCUT2D eigenvalue weighted by molar-refractivity contribution is 5.94. The van der Waals surface area contributed by atoms with Crippen LogP contribution in [0.5, 0.6) is 11.5 Å². The van der Waals surface area contributed by atoms with Crippen molar-refractivity contribution in [1.29, 1.82) is 0 Å². The highest BCUT2D eigenvalue weighted by atomic mass is 16.5. The summed E-state index contributed by atoms with van der Waals surface area (Å²) >= 11 is 0. The van der Waals surface area contributed by atoms with Crippen LogP contribution in [0.1, 0.15) is 40.5 Å². The Hall–Kier alpha value is -3.05. The summed E-state index contributed by atoms with van der Waals surface area (Å²) in [5.74, 6) is 2.59. The lowest BCUT2D eigenvalue weighted by atomic mass is 10.1. The molecule has 0 saturated carbocycles. The van der Waals surface area contributed by atoms with Gasteiger partial charge in [0.2, 0.25) is 0 Å². The molecule has 3 N–H and O–H groups in total. The van der Waals surface area contributed by atoms with Gasteiger partial charge in [0.25, 0.3) is 0 Å². The summed E-state index contributed by atoms with van der Waals surface area (Å²) in [6.45, 7) is 17.0. The van der Waals surface area contributed by atoms with Crippen molar-refractivity contribution in [1.82, 2.24) is 10.6 Å². The van der Waals surface area contributed by atoms with E-state index in [1.165, 1.54) is 12.8 Å². The smallest absolute Gasteiger partial charge is 0.127 e. The second-order valence-electron chi connectivity index (χ2n) is 6.94. The van der Waals surface area contributed by atoms with Gasteiger partial charge in [-0.2, -0.15) is 0 Å². The van der Waals surface area contributed by atoms with E-state index in [4.69, 9.17) is 4.74 Å². The summed E-state index contributed by atoms with van der Waals surface area (Å²) < 4.78 is 5.84. The number of aliphatic imine (C=N–C) groups is 1. The van der Waals surface area contributed by atoms with Crippen LogP contribution >= 0.6 is 0 Å². The van der Waals surface area contributed by atoms with Gasteiger partial charge < -0.3 is 20.7 Å². The Morgan fingerprint density at radius 3 is 2.34 bits per heavy atom. The lowest BCUT2D eigenvalue weighted by molar-refractivity contribution is 0.431. The van der Waals surface area contributed by atoms with Gasteiger partial charge in [-0.3, -0.25) is 4.99 Å². The average molecular weight is 437 g/mol. The molecule has 1 heterocycles. The predicted molar refractivity (Wildman–Crippen MR) is 140 cm³/mol. The number of piperidine rings is 1. The SMILES string of the molecule is C=C.CC.CCN=C(/C=C(\C)Nc1ccc(Oc2ccccc2)cc1)NC1CCCNC1. The van der Waals surface area contributed by atoms with Crippen LogP contribution in [-0.4, -0.2) is 31.5 Å². The van der Waals surface area contributed by atoms with Crippen molar-refractivity contribution in [2.24, 2.45) is 4.99 Å². The number of anilines is 1. The first-order valence-electron chi connectivity index (χ1n) is 11.5. The van der Waals surface area contributed by atoms with Gasteiger partial charge in [0.05, 0.1) is 0 Å². The number of benzene rings is 2. The molecule has 1 saturated heterocycles. The lowest BCUT2D eigenvalue weighted by Crippen LogP contribution is -2.45. The summed E-state index contributed by atoms with van der Waals surface area (Å²) in [5, 5.41) is 10.4. The Bertz CT molecular complexity index is 794. The van der Waals surface area contributed by atoms with Crippen LogP contribution in [0.2, 0.25) is 0 Å². The fourth-order valence-electron chi connectivity index (χ4n) is 3.19. The van der Waals surface area contributed by atoms with E-state index in [1.807, 2.05) is 68.4 Å². The third-order valence-electron chi connectivity index (χ3n) is 4.51. The Kier molecular flexibility index (Phi) is 14.0. The molecule has 32 heavy (non-hydrogen) atoms. The van der Waals surface area contributed by atoms with Crippen molar-refractivity contribution in [3.05, 3.63) is 79.5 Å². The average Bonchev–Trinajstić information content (AvgIpc) is 2.84. The van der Waals surface area contributed by atoms with E-state index in [-0.39, 0.29) is 0 Å². The molecule has 1 atom stereocenters. The molecule has 0 aliphatic carbocycles. The van der Waals surface area contributed by atoms with Gasteiger partial charge in [-0.1, -0.05) is 32.0 Å². The van der Waals surface area contributed by atoms with Crippen LogP contribution in [0, 0.1) is 0 Å². The van der Waals surface area contributed by atoms with Crippen LogP contribution in [0.25, 0.3) is 0 Å². The van der Waals surface area contributed by atoms with E-state index in [2.05, 4.69) is 54.0 Å². The fourth-order valence-corrected chi connectivity index (χ4v) is 3.19. The quantitative estimate of drug-likeness (QED) is 0.268. The van der Waals surface area contributed by atoms with E-state index in [0.717, 1.165) is 48.4 Å². The van der Waals surface area contributed by atoms with Gasteiger partial charge in [0.1, 0.15) is 17.3 Å². The second-order valence-corrected chi connectivity index (χ2v) is 6.94. The first-order chi connectivity index (χ1) is 15.7. The molecule has 174 valence electrons. The number of nitrogens with zero attached hydrogens (tertiary/aromatic N) is 1. The zero-order valence-electron chi connectivity index (χ0n) is 20.2. The number of allylic oxidation sites excluding steroid dienone is 1. The molecule has 1 unspecified atom stereocenters. The first kappa shape index (κ1) is 27.0. The molecule has 0 aromatic heterocycles. The third kappa shape index (κ3) is 10.3. The highest BCUT2D eigenvalue weighted by Crippen LogP contribution is 2.23. The molecule has 1 aliphatic heterocycles. The van der Waals surface area contributed by atoms with Gasteiger partial charge in [-0.25, -0.2) is 0 Å². The molecule has 5 heteroatoms. The summed E-state index contributed by atoms with van der Waals surface area (Å²) in [5.41, 5.74) is 2.06. The number of hydrogen-bond donors (Lipinski definition) is 3. The van der Waals surface area contributed by atoms with Gasteiger partial charge in [0, 0.05) is 30.5 Å². The van der Waals surface area contributed by atoms with Crippen LogP contribution in [-0.2, 0) is 0 Å². The largest absolute Gasteiger partial charge is 0.457 e. The van der Waals surface area contributed by atoms with E-state index in [1.54, 1.807) is 0 Å². The Morgan fingerprint density at radius 1 is 1.09 bits per heavy atom. The molecule has 3 rings (SSSR count). The van der Waals surface area contributed by atoms with Crippen LogP contribution < -0.4 is 20.7 Å². The maximum atomic E-state index is 5.84. The van der Waals surface area contributed by atoms with Crippen molar-refractivity contribution in [2.45, 2.75) is 46.6 Å². The summed E-state index contributed by atoms with van der Waals surface area (Å²) in [7, 11) is 0. The van der Waals surface area contributed by atoms with Crippen molar-refractivity contribution in [2.75, 3.05) is 25.0 Å². The molecule has 2 aromatic carbocycles. The van der Waals surface area contributed by atoms with Crippen molar-refractivity contribution < 1.29 is 4.74 Å². The van der Waals surface area contributed by atoms with Gasteiger partial charge >= 0.3 is 0 Å². The third-order valence-corrected chi connectivity index (χ3v) is 4.51. The Morgan fingerprint density at radius 2 is 1.75 bits per heavy atom. The van der Waals surface area contributed by atoms with E-state index in [0.29, 0.717) is 6.04 Å². The topological polar surface area (TPSA) is 57.7 Å². The van der Waals surface area contributed by atoms with Gasteiger partial charge in [-0.05, 0) is 75.7 Å².